The molecule has 0 spiro atoms. The zero-order valence-corrected chi connectivity index (χ0v) is 14.7. The monoisotopic (exact) mass is 364 g/mol. The number of aromatic nitrogens is 3. The molecule has 136 valence electrons. The Balaban J connectivity index is 1.83. The molecule has 3 rings (SSSR count). The first-order chi connectivity index (χ1) is 13.0. The molecule has 0 saturated carbocycles. The van der Waals surface area contributed by atoms with E-state index < -0.39 is 4.92 Å². The third-order valence-corrected chi connectivity index (χ3v) is 3.88. The molecule has 1 amide bonds. The van der Waals surface area contributed by atoms with E-state index in [9.17, 15) is 14.9 Å². The maximum absolute atomic E-state index is 12.1. The first-order valence-corrected chi connectivity index (χ1v) is 8.04. The molecule has 1 heterocycles. The lowest BCUT2D eigenvalue weighted by molar-refractivity contribution is -0.384. The van der Waals surface area contributed by atoms with Crippen LogP contribution in [0, 0.1) is 17.0 Å². The largest absolute Gasteiger partial charge is 0.271 e. The van der Waals surface area contributed by atoms with Gasteiger partial charge in [0.25, 0.3) is 11.6 Å². The minimum absolute atomic E-state index is 0.0375. The maximum atomic E-state index is 12.1. The number of rotatable bonds is 5. The van der Waals surface area contributed by atoms with Crippen molar-refractivity contribution in [2.75, 3.05) is 0 Å². The van der Waals surface area contributed by atoms with Gasteiger partial charge in [0.15, 0.2) is 0 Å². The van der Waals surface area contributed by atoms with E-state index in [1.807, 2.05) is 6.07 Å². The Morgan fingerprint density at radius 1 is 1.19 bits per heavy atom. The van der Waals surface area contributed by atoms with Crippen LogP contribution in [-0.4, -0.2) is 31.5 Å². The molecule has 0 aliphatic heterocycles. The quantitative estimate of drug-likeness (QED) is 0.424. The molecule has 0 aliphatic carbocycles. The lowest BCUT2D eigenvalue weighted by atomic mass is 10.2. The van der Waals surface area contributed by atoms with Crippen molar-refractivity contribution in [2.24, 2.45) is 5.10 Å². The van der Waals surface area contributed by atoms with Crippen LogP contribution in [-0.2, 0) is 0 Å². The third-order valence-electron chi connectivity index (χ3n) is 3.88. The zero-order valence-electron chi connectivity index (χ0n) is 14.7. The molecule has 2 aromatic carbocycles. The van der Waals surface area contributed by atoms with E-state index in [2.05, 4.69) is 20.8 Å². The number of benzene rings is 2. The number of carbonyl (C=O) groups excluding carboxylic acids is 1. The summed E-state index contributed by atoms with van der Waals surface area (Å²) in [5, 5.41) is 23.1. The molecule has 0 bridgehead atoms. The smallest absolute Gasteiger partial charge is 0.267 e. The van der Waals surface area contributed by atoms with Gasteiger partial charge in [0, 0.05) is 17.7 Å². The Bertz CT molecular complexity index is 1030. The fraction of sp³-hybridized carbons (Fsp3) is 0.111. The molecule has 0 fully saturated rings. The topological polar surface area (TPSA) is 115 Å². The Morgan fingerprint density at radius 2 is 1.93 bits per heavy atom. The van der Waals surface area contributed by atoms with Crippen molar-refractivity contribution >= 4 is 17.3 Å². The van der Waals surface area contributed by atoms with Gasteiger partial charge >= 0.3 is 0 Å². The highest BCUT2D eigenvalue weighted by Crippen LogP contribution is 2.18. The summed E-state index contributed by atoms with van der Waals surface area (Å²) in [6.45, 7) is 3.46. The van der Waals surface area contributed by atoms with Gasteiger partial charge in [-0.1, -0.05) is 29.5 Å². The van der Waals surface area contributed by atoms with Gasteiger partial charge in [-0.2, -0.15) is 5.10 Å². The number of nitro benzene ring substituents is 1. The van der Waals surface area contributed by atoms with Crippen LogP contribution in [0.25, 0.3) is 5.69 Å². The number of hydrogen-bond acceptors (Lipinski definition) is 6. The molecule has 3 aromatic rings. The van der Waals surface area contributed by atoms with Crippen molar-refractivity contribution in [1.82, 2.24) is 20.4 Å². The van der Waals surface area contributed by atoms with Crippen LogP contribution in [0.5, 0.6) is 0 Å². The van der Waals surface area contributed by atoms with Gasteiger partial charge in [-0.3, -0.25) is 14.9 Å². The Hall–Kier alpha value is -3.88. The van der Waals surface area contributed by atoms with Gasteiger partial charge in [-0.15, -0.1) is 5.10 Å². The molecular formula is C18H16N6O3. The van der Waals surface area contributed by atoms with Crippen LogP contribution in [0.1, 0.15) is 28.7 Å². The van der Waals surface area contributed by atoms with E-state index in [0.717, 1.165) is 0 Å². The van der Waals surface area contributed by atoms with Crippen molar-refractivity contribution in [3.05, 3.63) is 81.7 Å². The number of hydrogen-bond donors (Lipinski definition) is 1. The summed E-state index contributed by atoms with van der Waals surface area (Å²) in [7, 11) is 0. The second-order valence-corrected chi connectivity index (χ2v) is 5.72. The standard InChI is InChI=1S/C18H16N6O3/c1-12(19-21-18(25)14-7-4-3-5-8-14)17-13(2)23(22-20-17)15-9-6-10-16(11-15)24(26)27/h3-11H,1-2H3,(H,21,25)/b19-12-. The van der Waals surface area contributed by atoms with Crippen LogP contribution in [0.15, 0.2) is 59.7 Å². The molecule has 9 nitrogen and oxygen atoms in total. The number of nitrogens with one attached hydrogen (secondary N) is 1. The highest BCUT2D eigenvalue weighted by atomic mass is 16.6. The first-order valence-electron chi connectivity index (χ1n) is 8.04. The van der Waals surface area contributed by atoms with E-state index in [-0.39, 0.29) is 11.6 Å². The third kappa shape index (κ3) is 3.87. The zero-order chi connectivity index (χ0) is 19.4. The lowest BCUT2D eigenvalue weighted by Crippen LogP contribution is -2.19. The predicted octanol–water partition coefficient (Wildman–Crippen LogP) is 2.64. The number of nitrogens with zero attached hydrogens (tertiary/aromatic N) is 5. The highest BCUT2D eigenvalue weighted by Gasteiger charge is 2.15. The second-order valence-electron chi connectivity index (χ2n) is 5.72. The van der Waals surface area contributed by atoms with E-state index >= 15 is 0 Å². The summed E-state index contributed by atoms with van der Waals surface area (Å²) in [5.41, 5.74) is 5.04. The summed E-state index contributed by atoms with van der Waals surface area (Å²) in [6.07, 6.45) is 0. The average molecular weight is 364 g/mol. The Kier molecular flexibility index (Phi) is 5.02. The van der Waals surface area contributed by atoms with Crippen molar-refractivity contribution in [3.63, 3.8) is 0 Å². The predicted molar refractivity (Wildman–Crippen MR) is 98.9 cm³/mol. The molecule has 27 heavy (non-hydrogen) atoms. The first kappa shape index (κ1) is 17.9. The number of carbonyl (C=O) groups is 1. The van der Waals surface area contributed by atoms with Crippen molar-refractivity contribution < 1.29 is 9.72 Å². The lowest BCUT2D eigenvalue weighted by Gasteiger charge is -2.04. The Labute approximate surface area is 154 Å². The number of nitro groups is 1. The summed E-state index contributed by atoms with van der Waals surface area (Å²) in [4.78, 5) is 22.6. The minimum atomic E-state index is -0.470. The van der Waals surface area contributed by atoms with Crippen LogP contribution >= 0.6 is 0 Å². The average Bonchev–Trinajstić information content (AvgIpc) is 3.08. The minimum Gasteiger partial charge on any atom is -0.267 e. The van der Waals surface area contributed by atoms with Crippen molar-refractivity contribution in [3.8, 4) is 5.69 Å². The fourth-order valence-corrected chi connectivity index (χ4v) is 2.49. The second kappa shape index (κ2) is 7.56. The number of non-ortho nitro benzene ring substituents is 1. The van der Waals surface area contributed by atoms with E-state index in [1.165, 1.54) is 16.8 Å². The molecular weight excluding hydrogens is 348 g/mol. The molecule has 0 aliphatic rings. The van der Waals surface area contributed by atoms with Crippen LogP contribution in [0.3, 0.4) is 0 Å². The SMILES string of the molecule is C/C(=N/NC(=O)c1ccccc1)c1nnn(-c2cccc([N+](=O)[O-])c2)c1C. The van der Waals surface area contributed by atoms with Crippen LogP contribution in [0.2, 0.25) is 0 Å². The summed E-state index contributed by atoms with van der Waals surface area (Å²) < 4.78 is 1.49. The molecule has 1 N–H and O–H groups in total. The highest BCUT2D eigenvalue weighted by molar-refractivity contribution is 6.00. The summed E-state index contributed by atoms with van der Waals surface area (Å²) >= 11 is 0. The van der Waals surface area contributed by atoms with Gasteiger partial charge < -0.3 is 0 Å². The fourth-order valence-electron chi connectivity index (χ4n) is 2.49. The van der Waals surface area contributed by atoms with E-state index in [0.29, 0.717) is 28.4 Å². The van der Waals surface area contributed by atoms with Crippen molar-refractivity contribution in [1.29, 1.82) is 0 Å². The van der Waals surface area contributed by atoms with Gasteiger partial charge in [0.1, 0.15) is 5.69 Å². The molecule has 0 saturated heterocycles. The molecule has 1 aromatic heterocycles. The van der Waals surface area contributed by atoms with Gasteiger partial charge in [0.2, 0.25) is 0 Å². The summed E-state index contributed by atoms with van der Waals surface area (Å²) in [5.74, 6) is -0.335. The van der Waals surface area contributed by atoms with Gasteiger partial charge in [0.05, 0.1) is 22.0 Å². The van der Waals surface area contributed by atoms with E-state index in [1.54, 1.807) is 50.2 Å². The number of amides is 1. The molecule has 0 atom stereocenters. The maximum Gasteiger partial charge on any atom is 0.271 e. The normalized spacial score (nSPS) is 11.3. The molecule has 0 unspecified atom stereocenters. The van der Waals surface area contributed by atoms with Crippen molar-refractivity contribution in [2.45, 2.75) is 13.8 Å². The van der Waals surface area contributed by atoms with Gasteiger partial charge in [-0.25, -0.2) is 10.1 Å². The van der Waals surface area contributed by atoms with E-state index in [4.69, 9.17) is 0 Å². The van der Waals surface area contributed by atoms with Crippen LogP contribution in [0.4, 0.5) is 5.69 Å². The number of hydrazone groups is 1. The van der Waals surface area contributed by atoms with Crippen LogP contribution < -0.4 is 5.43 Å². The Morgan fingerprint density at radius 3 is 2.63 bits per heavy atom. The summed E-state index contributed by atoms with van der Waals surface area (Å²) in [6, 6.07) is 14.8. The molecule has 0 radical (unpaired) electrons. The van der Waals surface area contributed by atoms with Gasteiger partial charge in [-0.05, 0) is 32.0 Å². The molecule has 9 heteroatoms.